The fraction of sp³-hybridized carbons (Fsp3) is 0.100. The zero-order valence-electron chi connectivity index (χ0n) is 15.1. The van der Waals surface area contributed by atoms with Crippen LogP contribution in [0.4, 0.5) is 18.9 Å². The van der Waals surface area contributed by atoms with Crippen molar-refractivity contribution in [2.75, 3.05) is 5.32 Å². The molecule has 5 nitrogen and oxygen atoms in total. The van der Waals surface area contributed by atoms with Gasteiger partial charge in [0.15, 0.2) is 11.7 Å². The van der Waals surface area contributed by atoms with Crippen LogP contribution in [-0.4, -0.2) is 17.3 Å². The van der Waals surface area contributed by atoms with Crippen LogP contribution in [0.25, 0.3) is 11.3 Å². The smallest absolute Gasteiger partial charge is 0.404 e. The number of rotatable bonds is 5. The van der Waals surface area contributed by atoms with Crippen LogP contribution in [-0.2, 0) is 6.54 Å². The molecule has 0 bridgehead atoms. The van der Waals surface area contributed by atoms with Crippen molar-refractivity contribution in [1.82, 2.24) is 4.98 Å². The molecule has 0 radical (unpaired) electrons. The molecular weight excluding hydrogens is 496 g/mol. The Morgan fingerprint density at radius 3 is 2.52 bits per heavy atom. The number of hydrogen-bond donors (Lipinski definition) is 2. The normalized spacial score (nSPS) is 11.5. The van der Waals surface area contributed by atoms with Crippen LogP contribution in [0.1, 0.15) is 5.56 Å². The average molecular weight is 514 g/mol. The monoisotopic (exact) mass is 514 g/mol. The number of nitrogens with one attached hydrogen (secondary N) is 1. The van der Waals surface area contributed by atoms with E-state index in [0.29, 0.717) is 0 Å². The van der Waals surface area contributed by atoms with Crippen molar-refractivity contribution in [1.29, 1.82) is 0 Å². The molecule has 9 heteroatoms. The lowest BCUT2D eigenvalue weighted by Crippen LogP contribution is -2.24. The van der Waals surface area contributed by atoms with Gasteiger partial charge in [-0.25, -0.2) is 4.99 Å². The number of guanidine groups is 1. The second-order valence-corrected chi connectivity index (χ2v) is 5.79. The van der Waals surface area contributed by atoms with Crippen molar-refractivity contribution in [2.24, 2.45) is 10.7 Å². The van der Waals surface area contributed by atoms with E-state index in [4.69, 9.17) is 5.73 Å². The number of halogens is 4. The number of anilines is 1. The van der Waals surface area contributed by atoms with E-state index in [1.165, 1.54) is 18.2 Å². The number of alkyl halides is 3. The average Bonchev–Trinajstić information content (AvgIpc) is 2.68. The van der Waals surface area contributed by atoms with Gasteiger partial charge in [-0.05, 0) is 35.9 Å². The number of aliphatic imine (C=N–C) groups is 1. The topological polar surface area (TPSA) is 72.5 Å². The molecule has 1 aromatic heterocycles. The number of pyridine rings is 1. The third kappa shape index (κ3) is 6.93. The van der Waals surface area contributed by atoms with Crippen LogP contribution < -0.4 is 15.8 Å². The molecule has 0 aliphatic carbocycles. The molecule has 0 fully saturated rings. The predicted molar refractivity (Wildman–Crippen MR) is 117 cm³/mol. The largest absolute Gasteiger partial charge is 0.573 e. The highest BCUT2D eigenvalue weighted by molar-refractivity contribution is 14.0. The first-order chi connectivity index (χ1) is 13.4. The fourth-order valence-corrected chi connectivity index (χ4v) is 2.50. The number of benzene rings is 2. The van der Waals surface area contributed by atoms with Gasteiger partial charge in [-0.2, -0.15) is 0 Å². The molecule has 0 saturated heterocycles. The minimum absolute atomic E-state index is 0. The Hall–Kier alpha value is -2.82. The van der Waals surface area contributed by atoms with E-state index in [2.05, 4.69) is 20.0 Å². The highest BCUT2D eigenvalue weighted by atomic mass is 127. The summed E-state index contributed by atoms with van der Waals surface area (Å²) in [7, 11) is 0. The van der Waals surface area contributed by atoms with Crippen LogP contribution in [0.2, 0.25) is 0 Å². The maximum atomic E-state index is 12.5. The second-order valence-electron chi connectivity index (χ2n) is 5.79. The highest BCUT2D eigenvalue weighted by Crippen LogP contribution is 2.29. The second kappa shape index (κ2) is 10.1. The summed E-state index contributed by atoms with van der Waals surface area (Å²) in [5.41, 5.74) is 8.54. The van der Waals surface area contributed by atoms with Gasteiger partial charge in [0, 0.05) is 11.8 Å². The van der Waals surface area contributed by atoms with Crippen molar-refractivity contribution in [2.45, 2.75) is 12.9 Å². The van der Waals surface area contributed by atoms with Crippen molar-refractivity contribution in [3.05, 3.63) is 78.5 Å². The Labute approximate surface area is 182 Å². The van der Waals surface area contributed by atoms with Gasteiger partial charge in [0.2, 0.25) is 0 Å². The number of nitrogens with two attached hydrogens (primary N) is 1. The van der Waals surface area contributed by atoms with Crippen LogP contribution in [0, 0.1) is 0 Å². The standard InChI is InChI=1S/C20H17F3N4O.HI/c21-20(22,23)28-18-10-2-1-9-17(18)27-19(24)26-13-14-6-5-7-15(12-14)16-8-3-4-11-25-16;/h1-12H,13H2,(H3,24,26,27);1H. The van der Waals surface area contributed by atoms with Crippen molar-refractivity contribution < 1.29 is 17.9 Å². The molecule has 0 spiro atoms. The molecule has 3 rings (SSSR count). The molecule has 0 amide bonds. The summed E-state index contributed by atoms with van der Waals surface area (Å²) in [6, 6.07) is 18.9. The van der Waals surface area contributed by atoms with Gasteiger partial charge in [-0.3, -0.25) is 4.98 Å². The zero-order valence-corrected chi connectivity index (χ0v) is 17.4. The Bertz CT molecular complexity index is 965. The summed E-state index contributed by atoms with van der Waals surface area (Å²) in [6.07, 6.45) is -3.09. The van der Waals surface area contributed by atoms with Crippen LogP contribution in [0.15, 0.2) is 77.9 Å². The van der Waals surface area contributed by atoms with E-state index in [1.54, 1.807) is 12.3 Å². The Balaban J connectivity index is 0.00000300. The Morgan fingerprint density at radius 1 is 1.03 bits per heavy atom. The first kappa shape index (κ1) is 22.5. The van der Waals surface area contributed by atoms with E-state index in [-0.39, 0.29) is 47.9 Å². The third-order valence-electron chi connectivity index (χ3n) is 3.70. The summed E-state index contributed by atoms with van der Waals surface area (Å²) in [5.74, 6) is -0.410. The first-order valence-electron chi connectivity index (χ1n) is 8.33. The summed E-state index contributed by atoms with van der Waals surface area (Å²) >= 11 is 0. The minimum Gasteiger partial charge on any atom is -0.404 e. The van der Waals surface area contributed by atoms with Gasteiger partial charge in [0.25, 0.3) is 0 Å². The maximum absolute atomic E-state index is 12.5. The number of hydrogen-bond acceptors (Lipinski definition) is 3. The van der Waals surface area contributed by atoms with E-state index in [1.807, 2.05) is 42.5 Å². The summed E-state index contributed by atoms with van der Waals surface area (Å²) < 4.78 is 41.4. The van der Waals surface area contributed by atoms with Gasteiger partial charge in [-0.15, -0.1) is 37.1 Å². The van der Waals surface area contributed by atoms with Crippen molar-refractivity contribution in [3.8, 4) is 17.0 Å². The number of nitrogens with zero attached hydrogens (tertiary/aromatic N) is 2. The maximum Gasteiger partial charge on any atom is 0.573 e. The molecule has 0 atom stereocenters. The Morgan fingerprint density at radius 2 is 1.79 bits per heavy atom. The quantitative estimate of drug-likeness (QED) is 0.279. The minimum atomic E-state index is -4.80. The van der Waals surface area contributed by atoms with E-state index in [0.717, 1.165) is 16.8 Å². The van der Waals surface area contributed by atoms with Gasteiger partial charge in [0.05, 0.1) is 17.9 Å². The Kier molecular flexibility index (Phi) is 7.82. The lowest BCUT2D eigenvalue weighted by Gasteiger charge is -2.14. The summed E-state index contributed by atoms with van der Waals surface area (Å²) in [4.78, 5) is 8.49. The van der Waals surface area contributed by atoms with E-state index in [9.17, 15) is 13.2 Å². The molecule has 0 aliphatic rings. The zero-order chi connectivity index (χ0) is 20.0. The molecule has 0 unspecified atom stereocenters. The molecular formula is C20H18F3IN4O. The first-order valence-corrected chi connectivity index (χ1v) is 8.33. The lowest BCUT2D eigenvalue weighted by molar-refractivity contribution is -0.274. The molecule has 3 aromatic rings. The molecule has 0 saturated carbocycles. The van der Waals surface area contributed by atoms with Gasteiger partial charge in [0.1, 0.15) is 0 Å². The van der Waals surface area contributed by atoms with E-state index >= 15 is 0 Å². The molecule has 0 aliphatic heterocycles. The van der Waals surface area contributed by atoms with Crippen LogP contribution >= 0.6 is 24.0 Å². The van der Waals surface area contributed by atoms with Crippen LogP contribution in [0.3, 0.4) is 0 Å². The summed E-state index contributed by atoms with van der Waals surface area (Å²) in [6.45, 7) is 0.252. The molecule has 3 N–H and O–H groups in total. The van der Waals surface area contributed by atoms with Crippen molar-refractivity contribution >= 4 is 35.6 Å². The molecule has 152 valence electrons. The van der Waals surface area contributed by atoms with Gasteiger partial charge < -0.3 is 15.8 Å². The summed E-state index contributed by atoms with van der Waals surface area (Å²) in [5, 5.41) is 2.64. The van der Waals surface area contributed by atoms with Gasteiger partial charge in [-0.1, -0.05) is 36.4 Å². The SMILES string of the molecule is I.NC(=NCc1cccc(-c2ccccn2)c1)Nc1ccccc1OC(F)(F)F. The predicted octanol–water partition coefficient (Wildman–Crippen LogP) is 5.19. The molecule has 1 heterocycles. The molecule has 29 heavy (non-hydrogen) atoms. The van der Waals surface area contributed by atoms with Gasteiger partial charge >= 0.3 is 6.36 Å². The number of ether oxygens (including phenoxy) is 1. The van der Waals surface area contributed by atoms with E-state index < -0.39 is 6.36 Å². The van der Waals surface area contributed by atoms with Crippen LogP contribution in [0.5, 0.6) is 5.75 Å². The number of aromatic nitrogens is 1. The third-order valence-corrected chi connectivity index (χ3v) is 3.70. The molecule has 2 aromatic carbocycles. The van der Waals surface area contributed by atoms with Crippen molar-refractivity contribution in [3.63, 3.8) is 0 Å². The highest BCUT2D eigenvalue weighted by Gasteiger charge is 2.32. The number of para-hydroxylation sites is 2. The fourth-order valence-electron chi connectivity index (χ4n) is 2.50. The lowest BCUT2D eigenvalue weighted by atomic mass is 10.1.